The van der Waals surface area contributed by atoms with Crippen LogP contribution in [0.15, 0.2) is 18.2 Å². The van der Waals surface area contributed by atoms with Gasteiger partial charge in [0.05, 0.1) is 11.6 Å². The highest BCUT2D eigenvalue weighted by Crippen LogP contribution is 2.20. The number of hydrogen-bond donors (Lipinski definition) is 0. The van der Waals surface area contributed by atoms with Crippen LogP contribution in [0.25, 0.3) is 0 Å². The molecule has 0 aliphatic rings. The zero-order chi connectivity index (χ0) is 16.5. The van der Waals surface area contributed by atoms with Gasteiger partial charge in [0.15, 0.2) is 0 Å². The Morgan fingerprint density at radius 2 is 1.82 bits per heavy atom. The molecular formula is C16H20ClFO4. The SMILES string of the molecule is CC(C)COC(=O)CCCC(=O)OCc1c(F)cccc1Cl. The average molecular weight is 331 g/mol. The number of carbonyl (C=O) groups excluding carboxylic acids is 2. The summed E-state index contributed by atoms with van der Waals surface area (Å²) in [7, 11) is 0. The fourth-order valence-corrected chi connectivity index (χ4v) is 1.82. The third-order valence-electron chi connectivity index (χ3n) is 2.78. The predicted molar refractivity (Wildman–Crippen MR) is 80.9 cm³/mol. The Labute approximate surface area is 134 Å². The standard InChI is InChI=1S/C16H20ClFO4/c1-11(2)9-21-15(19)7-4-8-16(20)22-10-12-13(17)5-3-6-14(12)18/h3,5-6,11H,4,7-10H2,1-2H3. The van der Waals surface area contributed by atoms with Gasteiger partial charge in [-0.2, -0.15) is 0 Å². The third-order valence-corrected chi connectivity index (χ3v) is 3.13. The van der Waals surface area contributed by atoms with Gasteiger partial charge in [-0.3, -0.25) is 9.59 Å². The highest BCUT2D eigenvalue weighted by molar-refractivity contribution is 6.31. The van der Waals surface area contributed by atoms with Crippen molar-refractivity contribution in [3.63, 3.8) is 0 Å². The van der Waals surface area contributed by atoms with E-state index in [2.05, 4.69) is 0 Å². The monoisotopic (exact) mass is 330 g/mol. The first-order valence-corrected chi connectivity index (χ1v) is 7.52. The van der Waals surface area contributed by atoms with Crippen molar-refractivity contribution < 1.29 is 23.5 Å². The maximum atomic E-state index is 13.5. The molecule has 0 saturated heterocycles. The zero-order valence-corrected chi connectivity index (χ0v) is 13.5. The molecule has 0 unspecified atom stereocenters. The molecule has 22 heavy (non-hydrogen) atoms. The molecule has 1 rings (SSSR count). The first kappa shape index (κ1) is 18.4. The molecule has 0 N–H and O–H groups in total. The van der Waals surface area contributed by atoms with Gasteiger partial charge in [0.1, 0.15) is 12.4 Å². The van der Waals surface area contributed by atoms with E-state index in [4.69, 9.17) is 21.1 Å². The summed E-state index contributed by atoms with van der Waals surface area (Å²) in [4.78, 5) is 22.9. The fraction of sp³-hybridized carbons (Fsp3) is 0.500. The zero-order valence-electron chi connectivity index (χ0n) is 12.7. The molecule has 122 valence electrons. The third kappa shape index (κ3) is 6.89. The van der Waals surface area contributed by atoms with Crippen LogP contribution in [0.5, 0.6) is 0 Å². The van der Waals surface area contributed by atoms with E-state index < -0.39 is 11.8 Å². The second kappa shape index (κ2) is 9.41. The van der Waals surface area contributed by atoms with Crippen LogP contribution < -0.4 is 0 Å². The van der Waals surface area contributed by atoms with Gasteiger partial charge in [0.2, 0.25) is 0 Å². The lowest BCUT2D eigenvalue weighted by Gasteiger charge is -2.08. The van der Waals surface area contributed by atoms with Crippen molar-refractivity contribution in [2.24, 2.45) is 5.92 Å². The van der Waals surface area contributed by atoms with Gasteiger partial charge in [-0.15, -0.1) is 0 Å². The highest BCUT2D eigenvalue weighted by atomic mass is 35.5. The molecule has 6 heteroatoms. The van der Waals surface area contributed by atoms with Gasteiger partial charge in [0.25, 0.3) is 0 Å². The van der Waals surface area contributed by atoms with E-state index in [1.807, 2.05) is 13.8 Å². The van der Waals surface area contributed by atoms with Crippen molar-refractivity contribution in [2.75, 3.05) is 6.61 Å². The second-order valence-corrected chi connectivity index (χ2v) is 5.70. The summed E-state index contributed by atoms with van der Waals surface area (Å²) in [6.07, 6.45) is 0.561. The van der Waals surface area contributed by atoms with Gasteiger partial charge >= 0.3 is 11.9 Å². The Balaban J connectivity index is 2.25. The topological polar surface area (TPSA) is 52.6 Å². The summed E-state index contributed by atoms with van der Waals surface area (Å²) in [5.41, 5.74) is 0.147. The van der Waals surface area contributed by atoms with Crippen LogP contribution in [0.4, 0.5) is 4.39 Å². The van der Waals surface area contributed by atoms with Crippen LogP contribution in [0.3, 0.4) is 0 Å². The number of ether oxygens (including phenoxy) is 2. The summed E-state index contributed by atoms with van der Waals surface area (Å²) >= 11 is 5.83. The summed E-state index contributed by atoms with van der Waals surface area (Å²) in [6.45, 7) is 4.04. The molecule has 4 nitrogen and oxygen atoms in total. The van der Waals surface area contributed by atoms with E-state index in [1.54, 1.807) is 0 Å². The van der Waals surface area contributed by atoms with E-state index in [0.29, 0.717) is 13.0 Å². The first-order chi connectivity index (χ1) is 10.4. The quantitative estimate of drug-likeness (QED) is 0.678. The lowest BCUT2D eigenvalue weighted by molar-refractivity contribution is -0.146. The molecule has 0 saturated carbocycles. The van der Waals surface area contributed by atoms with Crippen molar-refractivity contribution in [1.82, 2.24) is 0 Å². The van der Waals surface area contributed by atoms with Crippen molar-refractivity contribution in [3.05, 3.63) is 34.6 Å². The minimum Gasteiger partial charge on any atom is -0.465 e. The number of esters is 2. The number of hydrogen-bond acceptors (Lipinski definition) is 4. The Kier molecular flexibility index (Phi) is 7.88. The molecule has 0 fully saturated rings. The largest absolute Gasteiger partial charge is 0.465 e. The van der Waals surface area contributed by atoms with Gasteiger partial charge in [-0.05, 0) is 24.5 Å². The molecule has 0 aliphatic heterocycles. The molecule has 0 atom stereocenters. The molecule has 0 aromatic heterocycles. The Morgan fingerprint density at radius 1 is 1.18 bits per heavy atom. The van der Waals surface area contributed by atoms with Gasteiger partial charge in [0, 0.05) is 18.4 Å². The fourth-order valence-electron chi connectivity index (χ4n) is 1.60. The number of halogens is 2. The maximum Gasteiger partial charge on any atom is 0.306 e. The molecule has 0 heterocycles. The molecule has 1 aromatic carbocycles. The molecule has 0 bridgehead atoms. The summed E-state index contributed by atoms with van der Waals surface area (Å²) in [6, 6.07) is 4.25. The number of rotatable bonds is 8. The lowest BCUT2D eigenvalue weighted by Crippen LogP contribution is -2.11. The van der Waals surface area contributed by atoms with Crippen LogP contribution in [-0.2, 0) is 25.7 Å². The van der Waals surface area contributed by atoms with E-state index in [1.165, 1.54) is 18.2 Å². The van der Waals surface area contributed by atoms with Crippen molar-refractivity contribution in [2.45, 2.75) is 39.7 Å². The number of carbonyl (C=O) groups is 2. The molecule has 0 amide bonds. The van der Waals surface area contributed by atoms with Crippen molar-refractivity contribution >= 4 is 23.5 Å². The smallest absolute Gasteiger partial charge is 0.306 e. The Morgan fingerprint density at radius 3 is 2.41 bits per heavy atom. The lowest BCUT2D eigenvalue weighted by atomic mass is 10.2. The molecule has 1 aromatic rings. The van der Waals surface area contributed by atoms with Crippen molar-refractivity contribution in [3.8, 4) is 0 Å². The summed E-state index contributed by atoms with van der Waals surface area (Å²) in [5, 5.41) is 0.213. The Hall–Kier alpha value is -1.62. The van der Waals surface area contributed by atoms with E-state index in [0.717, 1.165) is 0 Å². The maximum absolute atomic E-state index is 13.5. The van der Waals surface area contributed by atoms with Crippen LogP contribution in [0.1, 0.15) is 38.7 Å². The highest BCUT2D eigenvalue weighted by Gasteiger charge is 2.11. The molecule has 0 radical (unpaired) electrons. The molecule has 0 spiro atoms. The van der Waals surface area contributed by atoms with E-state index >= 15 is 0 Å². The summed E-state index contributed by atoms with van der Waals surface area (Å²) < 4.78 is 23.4. The van der Waals surface area contributed by atoms with Crippen molar-refractivity contribution in [1.29, 1.82) is 0 Å². The minimum atomic E-state index is -0.516. The van der Waals surface area contributed by atoms with Gasteiger partial charge < -0.3 is 9.47 Å². The van der Waals surface area contributed by atoms with Crippen LogP contribution >= 0.6 is 11.6 Å². The number of benzene rings is 1. The first-order valence-electron chi connectivity index (χ1n) is 7.14. The molecular weight excluding hydrogens is 311 g/mol. The van der Waals surface area contributed by atoms with Gasteiger partial charge in [-0.1, -0.05) is 31.5 Å². The van der Waals surface area contributed by atoms with Gasteiger partial charge in [-0.25, -0.2) is 4.39 Å². The normalized spacial score (nSPS) is 10.6. The minimum absolute atomic E-state index is 0.0723. The van der Waals surface area contributed by atoms with E-state index in [9.17, 15) is 14.0 Å². The van der Waals surface area contributed by atoms with Crippen LogP contribution in [0.2, 0.25) is 5.02 Å². The second-order valence-electron chi connectivity index (χ2n) is 5.29. The predicted octanol–water partition coefficient (Wildman–Crippen LogP) is 3.89. The van der Waals surface area contributed by atoms with E-state index in [-0.39, 0.29) is 41.9 Å². The summed E-state index contributed by atoms with van der Waals surface area (Å²) in [5.74, 6) is -1.08. The average Bonchev–Trinajstić information content (AvgIpc) is 2.44. The molecule has 0 aliphatic carbocycles. The Bertz CT molecular complexity index is 497. The van der Waals surface area contributed by atoms with Crippen LogP contribution in [-0.4, -0.2) is 18.5 Å². The van der Waals surface area contributed by atoms with Crippen LogP contribution in [0, 0.1) is 11.7 Å².